The average Bonchev–Trinajstić information content (AvgIpc) is 2.48. The van der Waals surface area contributed by atoms with Gasteiger partial charge < -0.3 is 5.32 Å². The van der Waals surface area contributed by atoms with E-state index in [0.717, 1.165) is 30.7 Å². The number of piperidine rings is 1. The summed E-state index contributed by atoms with van der Waals surface area (Å²) in [5.74, 6) is 0. The number of nitrogens with one attached hydrogen (secondary N) is 1. The predicted octanol–water partition coefficient (Wildman–Crippen LogP) is 3.38. The monoisotopic (exact) mass is 303 g/mol. The SMILES string of the molecule is CNC1CCCN(Cc2cc3ccc(C)cc3nc2Cl)C1. The molecule has 1 aliphatic heterocycles. The van der Waals surface area contributed by atoms with E-state index in [2.05, 4.69) is 46.4 Å². The molecule has 21 heavy (non-hydrogen) atoms. The molecule has 0 amide bonds. The Labute approximate surface area is 131 Å². The van der Waals surface area contributed by atoms with E-state index in [9.17, 15) is 0 Å². The molecule has 4 heteroatoms. The van der Waals surface area contributed by atoms with Gasteiger partial charge in [0.25, 0.3) is 0 Å². The third kappa shape index (κ3) is 3.37. The lowest BCUT2D eigenvalue weighted by molar-refractivity contribution is 0.188. The van der Waals surface area contributed by atoms with Crippen molar-refractivity contribution in [3.63, 3.8) is 0 Å². The van der Waals surface area contributed by atoms with Crippen molar-refractivity contribution in [3.8, 4) is 0 Å². The number of halogens is 1. The van der Waals surface area contributed by atoms with Crippen LogP contribution in [0.15, 0.2) is 24.3 Å². The van der Waals surface area contributed by atoms with Gasteiger partial charge in [0.2, 0.25) is 0 Å². The smallest absolute Gasteiger partial charge is 0.134 e. The summed E-state index contributed by atoms with van der Waals surface area (Å²) in [4.78, 5) is 7.03. The van der Waals surface area contributed by atoms with Crippen LogP contribution in [0.1, 0.15) is 24.0 Å². The summed E-state index contributed by atoms with van der Waals surface area (Å²) in [6.07, 6.45) is 2.50. The lowest BCUT2D eigenvalue weighted by atomic mass is 10.0. The number of nitrogens with zero attached hydrogens (tertiary/aromatic N) is 2. The Bertz CT molecular complexity index is 641. The molecule has 0 radical (unpaired) electrons. The summed E-state index contributed by atoms with van der Waals surface area (Å²) < 4.78 is 0. The molecule has 3 rings (SSSR count). The van der Waals surface area contributed by atoms with E-state index in [1.807, 2.05) is 7.05 Å². The lowest BCUT2D eigenvalue weighted by Gasteiger charge is -2.32. The zero-order chi connectivity index (χ0) is 14.8. The number of hydrogen-bond acceptors (Lipinski definition) is 3. The summed E-state index contributed by atoms with van der Waals surface area (Å²) >= 11 is 6.39. The fourth-order valence-electron chi connectivity index (χ4n) is 3.08. The topological polar surface area (TPSA) is 28.2 Å². The highest BCUT2D eigenvalue weighted by atomic mass is 35.5. The summed E-state index contributed by atoms with van der Waals surface area (Å²) in [6.45, 7) is 5.18. The van der Waals surface area contributed by atoms with Crippen LogP contribution in [0.5, 0.6) is 0 Å². The standard InChI is InChI=1S/C17H22ClN3/c1-12-5-6-13-9-14(17(18)20-16(13)8-12)10-21-7-3-4-15(11-21)19-2/h5-6,8-9,15,19H,3-4,7,10-11H2,1-2H3. The normalized spacial score (nSPS) is 20.0. The Hall–Kier alpha value is -1.16. The second-order valence-corrected chi connectivity index (χ2v) is 6.36. The maximum absolute atomic E-state index is 6.39. The van der Waals surface area contributed by atoms with Crippen molar-refractivity contribution in [2.45, 2.75) is 32.4 Å². The van der Waals surface area contributed by atoms with Crippen LogP contribution >= 0.6 is 11.6 Å². The number of fused-ring (bicyclic) bond motifs is 1. The van der Waals surface area contributed by atoms with E-state index >= 15 is 0 Å². The zero-order valence-electron chi connectivity index (χ0n) is 12.7. The van der Waals surface area contributed by atoms with E-state index in [-0.39, 0.29) is 0 Å². The van der Waals surface area contributed by atoms with Crippen molar-refractivity contribution in [1.29, 1.82) is 0 Å². The maximum atomic E-state index is 6.39. The maximum Gasteiger partial charge on any atom is 0.134 e. The van der Waals surface area contributed by atoms with Crippen molar-refractivity contribution >= 4 is 22.5 Å². The van der Waals surface area contributed by atoms with Gasteiger partial charge in [-0.2, -0.15) is 0 Å². The minimum atomic E-state index is 0.591. The number of aryl methyl sites for hydroxylation is 1. The first-order valence-electron chi connectivity index (χ1n) is 7.61. The van der Waals surface area contributed by atoms with Crippen LogP contribution in [0.2, 0.25) is 5.15 Å². The third-order valence-electron chi connectivity index (χ3n) is 4.31. The van der Waals surface area contributed by atoms with Gasteiger partial charge in [-0.3, -0.25) is 4.90 Å². The average molecular weight is 304 g/mol. The lowest BCUT2D eigenvalue weighted by Crippen LogP contribution is -2.43. The van der Waals surface area contributed by atoms with Crippen LogP contribution in [0.3, 0.4) is 0 Å². The van der Waals surface area contributed by atoms with Gasteiger partial charge in [-0.1, -0.05) is 23.7 Å². The van der Waals surface area contributed by atoms with Crippen molar-refractivity contribution in [2.75, 3.05) is 20.1 Å². The molecule has 0 aliphatic carbocycles. The Morgan fingerprint density at radius 2 is 2.24 bits per heavy atom. The van der Waals surface area contributed by atoms with Crippen LogP contribution < -0.4 is 5.32 Å². The van der Waals surface area contributed by atoms with Gasteiger partial charge >= 0.3 is 0 Å². The number of likely N-dealkylation sites (tertiary alicyclic amines) is 1. The first kappa shape index (κ1) is 14.8. The first-order chi connectivity index (χ1) is 10.2. The molecular formula is C17H22ClN3. The Morgan fingerprint density at radius 3 is 3.05 bits per heavy atom. The Balaban J connectivity index is 1.83. The van der Waals surface area contributed by atoms with Crippen LogP contribution in [-0.2, 0) is 6.54 Å². The minimum Gasteiger partial charge on any atom is -0.316 e. The predicted molar refractivity (Wildman–Crippen MR) is 88.8 cm³/mol. The molecule has 1 saturated heterocycles. The number of likely N-dealkylation sites (N-methyl/N-ethyl adjacent to an activating group) is 1. The van der Waals surface area contributed by atoms with Gasteiger partial charge in [0, 0.05) is 30.1 Å². The summed E-state index contributed by atoms with van der Waals surface area (Å²) in [5.41, 5.74) is 3.33. The fourth-order valence-corrected chi connectivity index (χ4v) is 3.29. The van der Waals surface area contributed by atoms with Crippen LogP contribution in [0.4, 0.5) is 0 Å². The molecular weight excluding hydrogens is 282 g/mol. The molecule has 3 nitrogen and oxygen atoms in total. The largest absolute Gasteiger partial charge is 0.316 e. The number of hydrogen-bond donors (Lipinski definition) is 1. The van der Waals surface area contributed by atoms with Gasteiger partial charge in [0.05, 0.1) is 5.52 Å². The minimum absolute atomic E-state index is 0.591. The molecule has 1 N–H and O–H groups in total. The van der Waals surface area contributed by atoms with Gasteiger partial charge in [0.1, 0.15) is 5.15 Å². The number of aromatic nitrogens is 1. The second kappa shape index (κ2) is 6.30. The molecule has 0 bridgehead atoms. The fraction of sp³-hybridized carbons (Fsp3) is 0.471. The highest BCUT2D eigenvalue weighted by Crippen LogP contribution is 2.24. The van der Waals surface area contributed by atoms with Crippen LogP contribution in [0.25, 0.3) is 10.9 Å². The van der Waals surface area contributed by atoms with Gasteiger partial charge in [-0.25, -0.2) is 4.98 Å². The first-order valence-corrected chi connectivity index (χ1v) is 7.99. The molecule has 1 aromatic heterocycles. The molecule has 2 heterocycles. The van der Waals surface area contributed by atoms with E-state index in [1.54, 1.807) is 0 Å². The molecule has 1 aliphatic rings. The van der Waals surface area contributed by atoms with E-state index in [0.29, 0.717) is 11.2 Å². The quantitative estimate of drug-likeness (QED) is 0.881. The Kier molecular flexibility index (Phi) is 4.43. The van der Waals surface area contributed by atoms with E-state index in [4.69, 9.17) is 11.6 Å². The molecule has 0 spiro atoms. The molecule has 112 valence electrons. The molecule has 1 fully saturated rings. The number of benzene rings is 1. The van der Waals surface area contributed by atoms with E-state index < -0.39 is 0 Å². The second-order valence-electron chi connectivity index (χ2n) is 6.00. The van der Waals surface area contributed by atoms with Crippen molar-refractivity contribution in [3.05, 3.63) is 40.5 Å². The van der Waals surface area contributed by atoms with Gasteiger partial charge in [-0.15, -0.1) is 0 Å². The molecule has 1 atom stereocenters. The van der Waals surface area contributed by atoms with Crippen molar-refractivity contribution < 1.29 is 0 Å². The number of pyridine rings is 1. The third-order valence-corrected chi connectivity index (χ3v) is 4.63. The molecule has 2 aromatic rings. The summed E-state index contributed by atoms with van der Waals surface area (Å²) in [5, 5.41) is 5.19. The molecule has 1 aromatic carbocycles. The van der Waals surface area contributed by atoms with Gasteiger partial charge in [-0.05, 0) is 51.1 Å². The zero-order valence-corrected chi connectivity index (χ0v) is 13.5. The van der Waals surface area contributed by atoms with Crippen LogP contribution in [0, 0.1) is 6.92 Å². The summed E-state index contributed by atoms with van der Waals surface area (Å²) in [7, 11) is 2.04. The Morgan fingerprint density at radius 1 is 1.38 bits per heavy atom. The van der Waals surface area contributed by atoms with Gasteiger partial charge in [0.15, 0.2) is 0 Å². The van der Waals surface area contributed by atoms with Crippen molar-refractivity contribution in [1.82, 2.24) is 15.2 Å². The van der Waals surface area contributed by atoms with E-state index in [1.165, 1.54) is 23.8 Å². The molecule has 0 saturated carbocycles. The molecule has 1 unspecified atom stereocenters. The highest BCUT2D eigenvalue weighted by molar-refractivity contribution is 6.30. The summed E-state index contributed by atoms with van der Waals surface area (Å²) in [6, 6.07) is 9.12. The number of rotatable bonds is 3. The van der Waals surface area contributed by atoms with Crippen molar-refractivity contribution in [2.24, 2.45) is 0 Å². The highest BCUT2D eigenvalue weighted by Gasteiger charge is 2.19. The van der Waals surface area contributed by atoms with Crippen LogP contribution in [-0.4, -0.2) is 36.1 Å².